The summed E-state index contributed by atoms with van der Waals surface area (Å²) in [5, 5.41) is 0.269. The van der Waals surface area contributed by atoms with Crippen molar-refractivity contribution >= 4 is 22.8 Å². The monoisotopic (exact) mass is 258 g/mol. The highest BCUT2D eigenvalue weighted by Crippen LogP contribution is 2.23. The van der Waals surface area contributed by atoms with E-state index >= 15 is 0 Å². The Morgan fingerprint density at radius 2 is 2.12 bits per heavy atom. The molecule has 1 aliphatic rings. The lowest BCUT2D eigenvalue weighted by atomic mass is 10.4. The van der Waals surface area contributed by atoms with Crippen molar-refractivity contribution in [2.24, 2.45) is 0 Å². The summed E-state index contributed by atoms with van der Waals surface area (Å²) in [6.07, 6.45) is 0.516. The van der Waals surface area contributed by atoms with Crippen LogP contribution in [0, 0.1) is 0 Å². The maximum Gasteiger partial charge on any atom is 0.223 e. The molecule has 4 nitrogen and oxygen atoms in total. The third-order valence-electron chi connectivity index (χ3n) is 3.09. The molecule has 1 amide bonds. The first-order valence-corrected chi connectivity index (χ1v) is 7.12. The number of rotatable bonds is 6. The van der Waals surface area contributed by atoms with Crippen LogP contribution in [0.4, 0.5) is 0 Å². The molecule has 17 heavy (non-hydrogen) atoms. The Balaban J connectivity index is 2.35. The molecule has 1 fully saturated rings. The second-order valence-electron chi connectivity index (χ2n) is 4.30. The van der Waals surface area contributed by atoms with Crippen LogP contribution in [-0.4, -0.2) is 58.8 Å². The molecular weight excluding hydrogens is 236 g/mol. The third kappa shape index (κ3) is 4.68. The van der Waals surface area contributed by atoms with Gasteiger partial charge in [-0.15, -0.1) is 0 Å². The van der Waals surface area contributed by atoms with Gasteiger partial charge in [-0.3, -0.25) is 9.59 Å². The predicted octanol–water partition coefficient (Wildman–Crippen LogP) is 1.21. The first kappa shape index (κ1) is 14.5. The molecule has 5 heteroatoms. The largest absolute Gasteiger partial charge is 0.340 e. The number of thioether (sulfide) groups is 1. The molecule has 0 bridgehead atoms. The van der Waals surface area contributed by atoms with E-state index in [1.54, 1.807) is 6.92 Å². The van der Waals surface area contributed by atoms with Crippen molar-refractivity contribution < 1.29 is 9.59 Å². The number of likely N-dealkylation sites (tertiary alicyclic amines) is 1. The van der Waals surface area contributed by atoms with Crippen LogP contribution in [0.25, 0.3) is 0 Å². The van der Waals surface area contributed by atoms with E-state index in [1.165, 1.54) is 11.8 Å². The van der Waals surface area contributed by atoms with E-state index in [-0.39, 0.29) is 16.3 Å². The van der Waals surface area contributed by atoms with Crippen molar-refractivity contribution in [3.8, 4) is 0 Å². The van der Waals surface area contributed by atoms with E-state index in [0.717, 1.165) is 32.7 Å². The van der Waals surface area contributed by atoms with Gasteiger partial charge in [-0.05, 0) is 13.1 Å². The van der Waals surface area contributed by atoms with Crippen LogP contribution in [-0.2, 0) is 9.59 Å². The Labute approximate surface area is 108 Å². The highest BCUT2D eigenvalue weighted by molar-refractivity contribution is 8.14. The molecule has 0 spiro atoms. The summed E-state index contributed by atoms with van der Waals surface area (Å²) >= 11 is 1.30. The van der Waals surface area contributed by atoms with Gasteiger partial charge in [0.25, 0.3) is 0 Å². The summed E-state index contributed by atoms with van der Waals surface area (Å²) in [4.78, 5) is 26.9. The number of hydrogen-bond acceptors (Lipinski definition) is 4. The molecule has 1 rings (SSSR count). The molecule has 1 aliphatic heterocycles. The first-order chi connectivity index (χ1) is 8.06. The topological polar surface area (TPSA) is 40.6 Å². The zero-order chi connectivity index (χ0) is 12.8. The van der Waals surface area contributed by atoms with Crippen LogP contribution in [0.2, 0.25) is 0 Å². The van der Waals surface area contributed by atoms with Gasteiger partial charge < -0.3 is 9.80 Å². The summed E-state index contributed by atoms with van der Waals surface area (Å²) in [6, 6.07) is 0. The van der Waals surface area contributed by atoms with Gasteiger partial charge in [0, 0.05) is 38.2 Å². The van der Waals surface area contributed by atoms with Crippen LogP contribution in [0.1, 0.15) is 27.2 Å². The maximum atomic E-state index is 11.7. The summed E-state index contributed by atoms with van der Waals surface area (Å²) in [5.41, 5.74) is 0. The van der Waals surface area contributed by atoms with Gasteiger partial charge in [0.1, 0.15) is 0 Å². The lowest BCUT2D eigenvalue weighted by molar-refractivity contribution is -0.127. The Bertz CT molecular complexity index is 280. The molecule has 98 valence electrons. The van der Waals surface area contributed by atoms with Crippen molar-refractivity contribution in [2.75, 3.05) is 32.7 Å². The molecule has 1 saturated heterocycles. The molecular formula is C12H22N2O2S. The third-order valence-corrected chi connectivity index (χ3v) is 4.07. The van der Waals surface area contributed by atoms with Gasteiger partial charge in [-0.1, -0.05) is 25.6 Å². The van der Waals surface area contributed by atoms with Crippen molar-refractivity contribution in [3.05, 3.63) is 0 Å². The van der Waals surface area contributed by atoms with Crippen molar-refractivity contribution in [2.45, 2.75) is 32.4 Å². The smallest absolute Gasteiger partial charge is 0.223 e. The molecule has 0 N–H and O–H groups in total. The van der Waals surface area contributed by atoms with Crippen molar-refractivity contribution in [1.82, 2.24) is 9.80 Å². The molecule has 1 heterocycles. The van der Waals surface area contributed by atoms with Gasteiger partial charge in [0.15, 0.2) is 5.12 Å². The number of hydrogen-bond donors (Lipinski definition) is 0. The Morgan fingerprint density at radius 1 is 1.47 bits per heavy atom. The van der Waals surface area contributed by atoms with E-state index in [2.05, 4.69) is 18.7 Å². The molecule has 0 aliphatic carbocycles. The maximum absolute atomic E-state index is 11.7. The number of carbonyl (C=O) groups excluding carboxylic acids is 2. The Hall–Kier alpha value is -0.550. The quantitative estimate of drug-likeness (QED) is 0.718. The first-order valence-electron chi connectivity index (χ1n) is 6.24. The SMILES string of the molecule is CCN(CC)CCN1CC(SC(C)=O)CC1=O. The lowest BCUT2D eigenvalue weighted by Gasteiger charge is -2.22. The fraction of sp³-hybridized carbons (Fsp3) is 0.833. The van der Waals surface area contributed by atoms with Gasteiger partial charge in [-0.25, -0.2) is 0 Å². The summed E-state index contributed by atoms with van der Waals surface area (Å²) in [7, 11) is 0. The average molecular weight is 258 g/mol. The predicted molar refractivity (Wildman–Crippen MR) is 71.0 cm³/mol. The van der Waals surface area contributed by atoms with Crippen LogP contribution in [0.5, 0.6) is 0 Å². The van der Waals surface area contributed by atoms with Gasteiger partial charge in [0.05, 0.1) is 0 Å². The van der Waals surface area contributed by atoms with E-state index in [4.69, 9.17) is 0 Å². The minimum absolute atomic E-state index is 0.105. The van der Waals surface area contributed by atoms with E-state index < -0.39 is 0 Å². The number of nitrogens with zero attached hydrogens (tertiary/aromatic N) is 2. The molecule has 0 saturated carbocycles. The Kier molecular flexibility index (Phi) is 5.98. The van der Waals surface area contributed by atoms with Crippen LogP contribution in [0.3, 0.4) is 0 Å². The van der Waals surface area contributed by atoms with E-state index in [1.807, 2.05) is 4.90 Å². The number of likely N-dealkylation sites (N-methyl/N-ethyl adjacent to an activating group) is 1. The average Bonchev–Trinajstić information content (AvgIpc) is 2.59. The lowest BCUT2D eigenvalue weighted by Crippen LogP contribution is -2.36. The molecule has 0 radical (unpaired) electrons. The number of carbonyl (C=O) groups is 2. The van der Waals surface area contributed by atoms with Gasteiger partial charge in [-0.2, -0.15) is 0 Å². The summed E-state index contributed by atoms with van der Waals surface area (Å²) < 4.78 is 0. The molecule has 1 atom stereocenters. The van der Waals surface area contributed by atoms with E-state index in [9.17, 15) is 9.59 Å². The molecule has 1 unspecified atom stereocenters. The fourth-order valence-electron chi connectivity index (χ4n) is 2.07. The van der Waals surface area contributed by atoms with Crippen molar-refractivity contribution in [3.63, 3.8) is 0 Å². The summed E-state index contributed by atoms with van der Waals surface area (Å²) in [5.74, 6) is 0.191. The number of amides is 1. The highest BCUT2D eigenvalue weighted by Gasteiger charge is 2.30. The van der Waals surface area contributed by atoms with E-state index in [0.29, 0.717) is 6.42 Å². The standard InChI is InChI=1S/C12H22N2O2S/c1-4-13(5-2)6-7-14-9-11(8-12(14)16)17-10(3)15/h11H,4-9H2,1-3H3. The minimum atomic E-state index is 0.105. The van der Waals surface area contributed by atoms with Crippen LogP contribution >= 0.6 is 11.8 Å². The molecule has 0 aromatic carbocycles. The minimum Gasteiger partial charge on any atom is -0.340 e. The highest BCUT2D eigenvalue weighted by atomic mass is 32.2. The van der Waals surface area contributed by atoms with Gasteiger partial charge in [0.2, 0.25) is 5.91 Å². The van der Waals surface area contributed by atoms with Crippen LogP contribution in [0.15, 0.2) is 0 Å². The second-order valence-corrected chi connectivity index (χ2v) is 5.78. The van der Waals surface area contributed by atoms with Gasteiger partial charge >= 0.3 is 0 Å². The van der Waals surface area contributed by atoms with Crippen molar-refractivity contribution in [1.29, 1.82) is 0 Å². The van der Waals surface area contributed by atoms with Crippen LogP contribution < -0.4 is 0 Å². The fourth-order valence-corrected chi connectivity index (χ4v) is 3.02. The zero-order valence-corrected chi connectivity index (χ0v) is 11.8. The normalized spacial score (nSPS) is 20.4. The Morgan fingerprint density at radius 3 is 2.65 bits per heavy atom. The zero-order valence-electron chi connectivity index (χ0n) is 10.9. The molecule has 0 aromatic heterocycles. The summed E-state index contributed by atoms with van der Waals surface area (Å²) in [6.45, 7) is 10.3. The second kappa shape index (κ2) is 7.01. The molecule has 0 aromatic rings.